The van der Waals surface area contributed by atoms with E-state index in [0.29, 0.717) is 11.1 Å². The van der Waals surface area contributed by atoms with Crippen LogP contribution in [0, 0.1) is 17.0 Å². The number of fused-ring (bicyclic) bond motifs is 3. The fraction of sp³-hybridized carbons (Fsp3) is 0.0526. The Morgan fingerprint density at radius 3 is 2.52 bits per heavy atom. The zero-order chi connectivity index (χ0) is 16.0. The highest BCUT2D eigenvalue weighted by Gasteiger charge is 2.19. The summed E-state index contributed by atoms with van der Waals surface area (Å²) in [6, 6.07) is 18.7. The van der Waals surface area contributed by atoms with E-state index in [1.807, 2.05) is 55.5 Å². The third-order valence-electron chi connectivity index (χ3n) is 4.04. The normalized spacial score (nSPS) is 11.2. The highest BCUT2D eigenvalue weighted by molar-refractivity contribution is 6.10. The minimum atomic E-state index is -0.351. The largest absolute Gasteiger partial charge is 0.455 e. The van der Waals surface area contributed by atoms with E-state index in [4.69, 9.17) is 4.42 Å². The van der Waals surface area contributed by atoms with E-state index in [1.54, 1.807) is 12.1 Å². The number of para-hydroxylation sites is 2. The Bertz CT molecular complexity index is 1060. The van der Waals surface area contributed by atoms with Gasteiger partial charge >= 0.3 is 0 Å². The maximum atomic E-state index is 11.4. The molecule has 0 unspecified atom stereocenters. The molecule has 0 aliphatic carbocycles. The second kappa shape index (κ2) is 4.95. The van der Waals surface area contributed by atoms with Crippen LogP contribution in [-0.4, -0.2) is 4.92 Å². The van der Waals surface area contributed by atoms with E-state index in [0.717, 1.165) is 27.5 Å². The molecule has 0 atom stereocenters. The molecular formula is C19H13NO3. The molecule has 4 nitrogen and oxygen atoms in total. The van der Waals surface area contributed by atoms with Gasteiger partial charge in [0, 0.05) is 22.4 Å². The van der Waals surface area contributed by atoms with Gasteiger partial charge in [-0.05, 0) is 19.1 Å². The molecule has 0 spiro atoms. The van der Waals surface area contributed by atoms with Crippen molar-refractivity contribution in [3.8, 4) is 11.1 Å². The summed E-state index contributed by atoms with van der Waals surface area (Å²) in [5, 5.41) is 13.4. The first-order valence-corrected chi connectivity index (χ1v) is 7.31. The highest BCUT2D eigenvalue weighted by Crippen LogP contribution is 2.39. The fourth-order valence-corrected chi connectivity index (χ4v) is 2.98. The summed E-state index contributed by atoms with van der Waals surface area (Å²) in [6.07, 6.45) is 0. The second-order valence-electron chi connectivity index (χ2n) is 5.56. The molecule has 0 saturated heterocycles. The highest BCUT2D eigenvalue weighted by atomic mass is 16.6. The Kier molecular flexibility index (Phi) is 2.91. The summed E-state index contributed by atoms with van der Waals surface area (Å²) in [7, 11) is 0. The summed E-state index contributed by atoms with van der Waals surface area (Å²) in [5.41, 5.74) is 3.85. The molecular weight excluding hydrogens is 290 g/mol. The monoisotopic (exact) mass is 303 g/mol. The number of nitrogens with zero attached hydrogens (tertiary/aromatic N) is 1. The molecule has 23 heavy (non-hydrogen) atoms. The molecule has 1 aromatic heterocycles. The van der Waals surface area contributed by atoms with Gasteiger partial charge in [0.05, 0.1) is 10.5 Å². The number of furan rings is 1. The number of hydrogen-bond acceptors (Lipinski definition) is 3. The van der Waals surface area contributed by atoms with Gasteiger partial charge in [0.15, 0.2) is 0 Å². The Hall–Kier alpha value is -3.14. The van der Waals surface area contributed by atoms with Gasteiger partial charge in [0.2, 0.25) is 0 Å². The van der Waals surface area contributed by atoms with Gasteiger partial charge in [-0.2, -0.15) is 0 Å². The number of rotatable bonds is 2. The molecule has 0 saturated carbocycles. The third-order valence-corrected chi connectivity index (χ3v) is 4.04. The lowest BCUT2D eigenvalue weighted by Crippen LogP contribution is -1.93. The van der Waals surface area contributed by atoms with Gasteiger partial charge in [-0.3, -0.25) is 10.1 Å². The van der Waals surface area contributed by atoms with Crippen LogP contribution in [0.1, 0.15) is 5.56 Å². The number of hydrogen-bond donors (Lipinski definition) is 0. The van der Waals surface area contributed by atoms with Gasteiger partial charge in [-0.1, -0.05) is 48.0 Å². The number of nitro benzene ring substituents is 1. The first-order chi connectivity index (χ1) is 11.1. The van der Waals surface area contributed by atoms with Crippen LogP contribution in [0.25, 0.3) is 33.1 Å². The van der Waals surface area contributed by atoms with Crippen molar-refractivity contribution >= 4 is 27.6 Å². The average molecular weight is 303 g/mol. The minimum absolute atomic E-state index is 0.0866. The summed E-state index contributed by atoms with van der Waals surface area (Å²) in [5.74, 6) is 0. The van der Waals surface area contributed by atoms with Crippen LogP contribution in [0.5, 0.6) is 0 Å². The average Bonchev–Trinajstić information content (AvgIpc) is 2.93. The van der Waals surface area contributed by atoms with Crippen molar-refractivity contribution < 1.29 is 9.34 Å². The van der Waals surface area contributed by atoms with Crippen molar-refractivity contribution in [3.63, 3.8) is 0 Å². The SMILES string of the molecule is Cc1ccc([N+](=O)[O-])c(-c2cccc3c2oc2ccccc23)c1. The maximum absolute atomic E-state index is 11.4. The molecule has 0 fully saturated rings. The lowest BCUT2D eigenvalue weighted by atomic mass is 9.99. The molecule has 1 heterocycles. The van der Waals surface area contributed by atoms with Crippen molar-refractivity contribution in [2.24, 2.45) is 0 Å². The lowest BCUT2D eigenvalue weighted by molar-refractivity contribution is -0.384. The van der Waals surface area contributed by atoms with E-state index >= 15 is 0 Å². The molecule has 0 aliphatic heterocycles. The summed E-state index contributed by atoms with van der Waals surface area (Å²) in [4.78, 5) is 11.0. The van der Waals surface area contributed by atoms with Crippen LogP contribution in [0.2, 0.25) is 0 Å². The van der Waals surface area contributed by atoms with Gasteiger partial charge < -0.3 is 4.42 Å². The van der Waals surface area contributed by atoms with Gasteiger partial charge in [-0.15, -0.1) is 0 Å². The van der Waals surface area contributed by atoms with Gasteiger partial charge in [0.25, 0.3) is 5.69 Å². The summed E-state index contributed by atoms with van der Waals surface area (Å²) >= 11 is 0. The van der Waals surface area contributed by atoms with E-state index in [-0.39, 0.29) is 10.6 Å². The topological polar surface area (TPSA) is 56.3 Å². The Morgan fingerprint density at radius 2 is 1.70 bits per heavy atom. The molecule has 0 bridgehead atoms. The first kappa shape index (κ1) is 13.5. The smallest absolute Gasteiger partial charge is 0.277 e. The maximum Gasteiger partial charge on any atom is 0.277 e. The molecule has 0 aliphatic rings. The van der Waals surface area contributed by atoms with Crippen molar-refractivity contribution in [3.05, 3.63) is 76.3 Å². The van der Waals surface area contributed by atoms with E-state index in [9.17, 15) is 10.1 Å². The molecule has 4 heteroatoms. The third kappa shape index (κ3) is 2.07. The van der Waals surface area contributed by atoms with E-state index in [1.165, 1.54) is 0 Å². The van der Waals surface area contributed by atoms with Gasteiger partial charge in [-0.25, -0.2) is 0 Å². The minimum Gasteiger partial charge on any atom is -0.455 e. The van der Waals surface area contributed by atoms with Gasteiger partial charge in [0.1, 0.15) is 11.2 Å². The van der Waals surface area contributed by atoms with Crippen molar-refractivity contribution in [2.75, 3.05) is 0 Å². The molecule has 4 aromatic rings. The molecule has 3 aromatic carbocycles. The van der Waals surface area contributed by atoms with Crippen LogP contribution in [0.4, 0.5) is 5.69 Å². The molecule has 112 valence electrons. The van der Waals surface area contributed by atoms with Crippen molar-refractivity contribution in [2.45, 2.75) is 6.92 Å². The fourth-order valence-electron chi connectivity index (χ4n) is 2.98. The van der Waals surface area contributed by atoms with Crippen LogP contribution < -0.4 is 0 Å². The summed E-state index contributed by atoms with van der Waals surface area (Å²) < 4.78 is 5.99. The Morgan fingerprint density at radius 1 is 0.913 bits per heavy atom. The molecule has 4 rings (SSSR count). The Balaban J connectivity index is 2.11. The molecule has 0 amide bonds. The van der Waals surface area contributed by atoms with Crippen LogP contribution in [0.15, 0.2) is 65.1 Å². The van der Waals surface area contributed by atoms with Crippen molar-refractivity contribution in [1.29, 1.82) is 0 Å². The lowest BCUT2D eigenvalue weighted by Gasteiger charge is -2.05. The summed E-state index contributed by atoms with van der Waals surface area (Å²) in [6.45, 7) is 1.92. The zero-order valence-corrected chi connectivity index (χ0v) is 12.4. The molecule has 0 N–H and O–H groups in total. The predicted octanol–water partition coefficient (Wildman–Crippen LogP) is 5.47. The van der Waals surface area contributed by atoms with Crippen LogP contribution in [0.3, 0.4) is 0 Å². The molecule has 0 radical (unpaired) electrons. The van der Waals surface area contributed by atoms with Crippen LogP contribution in [-0.2, 0) is 0 Å². The van der Waals surface area contributed by atoms with Crippen LogP contribution >= 0.6 is 0 Å². The quantitative estimate of drug-likeness (QED) is 0.364. The Labute approximate surface area is 132 Å². The predicted molar refractivity (Wildman–Crippen MR) is 90.5 cm³/mol. The van der Waals surface area contributed by atoms with E-state index < -0.39 is 0 Å². The second-order valence-corrected chi connectivity index (χ2v) is 5.56. The standard InChI is InChI=1S/C19H13NO3/c1-12-9-10-17(20(21)22)16(11-12)15-7-4-6-14-13-5-2-3-8-18(13)23-19(14)15/h2-11H,1H3. The van der Waals surface area contributed by atoms with Crippen molar-refractivity contribution in [1.82, 2.24) is 0 Å². The number of benzene rings is 3. The number of aryl methyl sites for hydroxylation is 1. The zero-order valence-electron chi connectivity index (χ0n) is 12.4. The van der Waals surface area contributed by atoms with E-state index in [2.05, 4.69) is 0 Å². The number of nitro groups is 1. The first-order valence-electron chi connectivity index (χ1n) is 7.31.